The van der Waals surface area contributed by atoms with Gasteiger partial charge in [0.25, 0.3) is 0 Å². The van der Waals surface area contributed by atoms with Crippen LogP contribution in [0.2, 0.25) is 0 Å². The Morgan fingerprint density at radius 3 is 2.04 bits per heavy atom. The van der Waals surface area contributed by atoms with E-state index < -0.39 is 0 Å². The van der Waals surface area contributed by atoms with Gasteiger partial charge in [-0.2, -0.15) is 0 Å². The third kappa shape index (κ3) is 4.81. The van der Waals surface area contributed by atoms with Crippen LogP contribution in [0, 0.1) is 20.8 Å². The minimum absolute atomic E-state index is 0.717. The molecule has 2 nitrogen and oxygen atoms in total. The van der Waals surface area contributed by atoms with Crippen molar-refractivity contribution in [1.29, 1.82) is 0 Å². The van der Waals surface area contributed by atoms with Gasteiger partial charge in [-0.25, -0.2) is 0 Å². The monoisotopic (exact) mass is 374 g/mol. The van der Waals surface area contributed by atoms with Crippen LogP contribution in [0.5, 0.6) is 0 Å². The molecule has 0 radical (unpaired) electrons. The van der Waals surface area contributed by atoms with Crippen LogP contribution in [-0.2, 0) is 6.54 Å². The molecule has 0 saturated carbocycles. The summed E-state index contributed by atoms with van der Waals surface area (Å²) in [6, 6.07) is 19.1. The second-order valence-electron chi connectivity index (χ2n) is 7.00. The molecule has 0 aliphatic heterocycles. The Labute approximate surface area is 166 Å². The zero-order valence-corrected chi connectivity index (χ0v) is 17.5. The maximum Gasteiger partial charge on any atom is 0.0691 e. The maximum atomic E-state index is 4.92. The predicted molar refractivity (Wildman–Crippen MR) is 119 cm³/mol. The van der Waals surface area contributed by atoms with E-state index >= 15 is 0 Å². The van der Waals surface area contributed by atoms with Crippen molar-refractivity contribution < 1.29 is 0 Å². The molecule has 0 atom stereocenters. The molecule has 138 valence electrons. The van der Waals surface area contributed by atoms with Crippen molar-refractivity contribution in [2.75, 3.05) is 0 Å². The molecule has 0 N–H and O–H groups in total. The van der Waals surface area contributed by atoms with Gasteiger partial charge < -0.3 is 0 Å². The average molecular weight is 375 g/mol. The minimum atomic E-state index is 0.717. The number of hydrogen-bond acceptors (Lipinski definition) is 3. The second kappa shape index (κ2) is 8.45. The fourth-order valence-electron chi connectivity index (χ4n) is 3.17. The normalized spacial score (nSPS) is 12.5. The molecule has 0 aliphatic rings. The number of nitrogens with zero attached hydrogens (tertiary/aromatic N) is 2. The van der Waals surface area contributed by atoms with Crippen LogP contribution in [0.1, 0.15) is 45.9 Å². The molecule has 27 heavy (non-hydrogen) atoms. The lowest BCUT2D eigenvalue weighted by molar-refractivity contribution is 1.07. The largest absolute Gasteiger partial charge is 0.284 e. The lowest BCUT2D eigenvalue weighted by Crippen LogP contribution is -1.93. The first-order chi connectivity index (χ1) is 12.9. The minimum Gasteiger partial charge on any atom is -0.284 e. The number of thiophene rings is 1. The number of aryl methyl sites for hydroxylation is 3. The summed E-state index contributed by atoms with van der Waals surface area (Å²) < 4.78 is 0. The van der Waals surface area contributed by atoms with Crippen LogP contribution in [0.3, 0.4) is 0 Å². The average Bonchev–Trinajstić information content (AvgIpc) is 3.14. The molecule has 3 heteroatoms. The highest BCUT2D eigenvalue weighted by Gasteiger charge is 2.08. The Balaban J connectivity index is 1.81. The molecule has 1 aromatic heterocycles. The molecule has 0 aliphatic carbocycles. The van der Waals surface area contributed by atoms with E-state index in [1.54, 1.807) is 11.3 Å². The van der Waals surface area contributed by atoms with Crippen LogP contribution in [-0.4, -0.2) is 11.4 Å². The van der Waals surface area contributed by atoms with Crippen LogP contribution in [0.15, 0.2) is 64.6 Å². The molecule has 0 spiro atoms. The van der Waals surface area contributed by atoms with Gasteiger partial charge in [0, 0.05) is 15.5 Å². The van der Waals surface area contributed by atoms with Crippen molar-refractivity contribution in [2.45, 2.75) is 41.2 Å². The topological polar surface area (TPSA) is 24.7 Å². The third-order valence-electron chi connectivity index (χ3n) is 4.58. The second-order valence-corrected chi connectivity index (χ2v) is 8.08. The van der Waals surface area contributed by atoms with E-state index in [-0.39, 0.29) is 0 Å². The Morgan fingerprint density at radius 1 is 0.815 bits per heavy atom. The van der Waals surface area contributed by atoms with Gasteiger partial charge in [-0.15, -0.1) is 11.3 Å². The van der Waals surface area contributed by atoms with Crippen LogP contribution in [0.4, 0.5) is 5.69 Å². The first kappa shape index (κ1) is 19.2. The van der Waals surface area contributed by atoms with E-state index in [0.29, 0.717) is 6.54 Å². The summed E-state index contributed by atoms with van der Waals surface area (Å²) in [7, 11) is 0. The molecule has 0 saturated heterocycles. The summed E-state index contributed by atoms with van der Waals surface area (Å²) in [6.07, 6.45) is 0. The molecule has 3 rings (SSSR count). The van der Waals surface area contributed by atoms with Gasteiger partial charge in [0.05, 0.1) is 17.9 Å². The maximum absolute atomic E-state index is 4.92. The Kier molecular flexibility index (Phi) is 6.02. The van der Waals surface area contributed by atoms with Crippen molar-refractivity contribution in [1.82, 2.24) is 0 Å². The molecule has 0 fully saturated rings. The first-order valence-corrected chi connectivity index (χ1v) is 10.0. The van der Waals surface area contributed by atoms with Crippen LogP contribution >= 0.6 is 11.3 Å². The number of benzene rings is 2. The highest BCUT2D eigenvalue weighted by atomic mass is 32.1. The third-order valence-corrected chi connectivity index (χ3v) is 5.88. The summed E-state index contributed by atoms with van der Waals surface area (Å²) in [5.41, 5.74) is 8.18. The van der Waals surface area contributed by atoms with Gasteiger partial charge >= 0.3 is 0 Å². The molecular weight excluding hydrogens is 348 g/mol. The Hall–Kier alpha value is -2.52. The van der Waals surface area contributed by atoms with E-state index in [4.69, 9.17) is 9.98 Å². The van der Waals surface area contributed by atoms with Gasteiger partial charge in [0.15, 0.2) is 0 Å². The summed E-state index contributed by atoms with van der Waals surface area (Å²) in [5, 5.41) is 0. The van der Waals surface area contributed by atoms with Crippen LogP contribution < -0.4 is 0 Å². The van der Waals surface area contributed by atoms with Gasteiger partial charge in [0.2, 0.25) is 0 Å². The van der Waals surface area contributed by atoms with Crippen molar-refractivity contribution >= 4 is 28.4 Å². The summed E-state index contributed by atoms with van der Waals surface area (Å²) >= 11 is 1.76. The number of rotatable bonds is 5. The van der Waals surface area contributed by atoms with Crippen molar-refractivity contribution in [2.24, 2.45) is 9.98 Å². The lowest BCUT2D eigenvalue weighted by Gasteiger charge is -2.08. The van der Waals surface area contributed by atoms with E-state index in [2.05, 4.69) is 83.1 Å². The Bertz CT molecular complexity index is 971. The predicted octanol–water partition coefficient (Wildman–Crippen LogP) is 6.82. The molecule has 2 aromatic carbocycles. The standard InChI is InChI=1S/C24H26N2S/c1-16-13-17(2)24(18(3)14-16)26-20(5)23-12-11-22(27-23)19(4)25-15-21-9-7-6-8-10-21/h6-14H,15H2,1-5H3. The van der Waals surface area contributed by atoms with E-state index in [1.807, 2.05) is 6.07 Å². The van der Waals surface area contributed by atoms with E-state index in [9.17, 15) is 0 Å². The zero-order valence-electron chi connectivity index (χ0n) is 16.7. The molecule has 0 bridgehead atoms. The highest BCUT2D eigenvalue weighted by Crippen LogP contribution is 2.27. The Morgan fingerprint density at radius 2 is 1.41 bits per heavy atom. The van der Waals surface area contributed by atoms with E-state index in [0.717, 1.165) is 17.1 Å². The summed E-state index contributed by atoms with van der Waals surface area (Å²) in [5.74, 6) is 0. The van der Waals surface area contributed by atoms with Gasteiger partial charge in [-0.1, -0.05) is 48.0 Å². The van der Waals surface area contributed by atoms with Crippen molar-refractivity contribution in [3.05, 3.63) is 86.6 Å². The fourth-order valence-corrected chi connectivity index (χ4v) is 4.08. The van der Waals surface area contributed by atoms with Gasteiger partial charge in [-0.3, -0.25) is 9.98 Å². The fraction of sp³-hybridized carbons (Fsp3) is 0.250. The molecular formula is C24H26N2S. The zero-order chi connectivity index (χ0) is 19.4. The smallest absolute Gasteiger partial charge is 0.0691 e. The number of aliphatic imine (C=N–C) groups is 2. The molecule has 0 amide bonds. The SMILES string of the molecule is CC(=NCc1ccccc1)c1ccc(C(C)=Nc2c(C)cc(C)cc2C)s1. The molecule has 0 unspecified atom stereocenters. The van der Waals surface area contributed by atoms with Gasteiger partial charge in [0.1, 0.15) is 0 Å². The van der Waals surface area contributed by atoms with Crippen molar-refractivity contribution in [3.63, 3.8) is 0 Å². The van der Waals surface area contributed by atoms with Crippen molar-refractivity contribution in [3.8, 4) is 0 Å². The number of hydrogen-bond donors (Lipinski definition) is 0. The highest BCUT2D eigenvalue weighted by molar-refractivity contribution is 7.16. The molecule has 1 heterocycles. The quantitative estimate of drug-likeness (QED) is 0.438. The summed E-state index contributed by atoms with van der Waals surface area (Å²) in [4.78, 5) is 12.1. The van der Waals surface area contributed by atoms with Crippen LogP contribution in [0.25, 0.3) is 0 Å². The van der Waals surface area contributed by atoms with Gasteiger partial charge in [-0.05, 0) is 63.4 Å². The first-order valence-electron chi connectivity index (χ1n) is 9.22. The van der Waals surface area contributed by atoms with E-state index in [1.165, 1.54) is 32.0 Å². The summed E-state index contributed by atoms with van der Waals surface area (Å²) in [6.45, 7) is 11.3. The lowest BCUT2D eigenvalue weighted by atomic mass is 10.1. The molecule has 3 aromatic rings.